The molecule has 2 N–H and O–H groups in total. The van der Waals surface area contributed by atoms with E-state index in [0.29, 0.717) is 12.8 Å². The zero-order valence-electron chi connectivity index (χ0n) is 12.4. The number of carbonyl (C=O) groups excluding carboxylic acids is 2. The summed E-state index contributed by atoms with van der Waals surface area (Å²) >= 11 is 6.98. The predicted molar refractivity (Wildman–Crippen MR) is 84.9 cm³/mol. The maximum atomic E-state index is 11.3. The van der Waals surface area contributed by atoms with Crippen LogP contribution in [0, 0.1) is 0 Å². The minimum Gasteiger partial charge on any atom is -0.458 e. The molecule has 0 bridgehead atoms. The van der Waals surface area contributed by atoms with Gasteiger partial charge in [-0.15, -0.1) is 0 Å². The molecule has 126 valence electrons. The summed E-state index contributed by atoms with van der Waals surface area (Å²) < 4.78 is 10.4. The summed E-state index contributed by atoms with van der Waals surface area (Å²) in [5, 5.41) is 21.9. The Balaban J connectivity index is 2.28. The fraction of sp³-hybridized carbons (Fsp3) is 0.857. The van der Waals surface area contributed by atoms with Crippen LogP contribution in [0.4, 0.5) is 0 Å². The molecule has 2 saturated carbocycles. The number of carbonyl (C=O) groups is 2. The molecule has 2 rings (SSSR count). The third-order valence-electron chi connectivity index (χ3n) is 4.45. The number of hydrogen-bond donors (Lipinski definition) is 2. The highest BCUT2D eigenvalue weighted by atomic mass is 79.9. The standard InChI is InChI=1S/C14H20Br2O6/c1-7(17)21-11-5-13(19)3-9(15)10(16)4-14(13,20)6-12(11)22-8(2)18/h9-12,19-20H,3-6H2,1-2H3/t9-,10-,11-,12+,13-,14-/m0/s1. The zero-order chi connectivity index (χ0) is 16.7. The number of fused-ring (bicyclic) bond motifs is 1. The highest BCUT2D eigenvalue weighted by Crippen LogP contribution is 2.51. The van der Waals surface area contributed by atoms with Crippen LogP contribution in [0.1, 0.15) is 39.5 Å². The van der Waals surface area contributed by atoms with Gasteiger partial charge in [0.15, 0.2) is 0 Å². The zero-order valence-corrected chi connectivity index (χ0v) is 15.6. The van der Waals surface area contributed by atoms with Gasteiger partial charge in [-0.1, -0.05) is 31.9 Å². The van der Waals surface area contributed by atoms with Gasteiger partial charge in [0.05, 0.1) is 11.2 Å². The highest BCUT2D eigenvalue weighted by Gasteiger charge is 2.61. The van der Waals surface area contributed by atoms with Gasteiger partial charge in [0.25, 0.3) is 0 Å². The molecule has 0 aromatic carbocycles. The molecule has 0 unspecified atom stereocenters. The van der Waals surface area contributed by atoms with E-state index in [2.05, 4.69) is 31.9 Å². The van der Waals surface area contributed by atoms with Crippen LogP contribution in [0.15, 0.2) is 0 Å². The van der Waals surface area contributed by atoms with Crippen molar-refractivity contribution in [2.45, 2.75) is 72.6 Å². The number of halogens is 2. The summed E-state index contributed by atoms with van der Waals surface area (Å²) in [5.74, 6) is -1.03. The molecule has 0 aromatic heterocycles. The number of hydrogen-bond acceptors (Lipinski definition) is 6. The summed E-state index contributed by atoms with van der Waals surface area (Å²) in [4.78, 5) is 22.5. The molecule has 0 heterocycles. The van der Waals surface area contributed by atoms with E-state index in [1.165, 1.54) is 13.8 Å². The van der Waals surface area contributed by atoms with Gasteiger partial charge in [0, 0.05) is 36.3 Å². The molecule has 0 amide bonds. The summed E-state index contributed by atoms with van der Waals surface area (Å²) in [6.07, 6.45) is -0.851. The lowest BCUT2D eigenvalue weighted by atomic mass is 9.62. The first-order valence-corrected chi connectivity index (χ1v) is 8.97. The van der Waals surface area contributed by atoms with Gasteiger partial charge < -0.3 is 19.7 Å². The van der Waals surface area contributed by atoms with Crippen LogP contribution >= 0.6 is 31.9 Å². The molecule has 22 heavy (non-hydrogen) atoms. The normalized spacial score (nSPS) is 44.8. The Labute approximate surface area is 145 Å². The molecule has 2 aliphatic rings. The number of ether oxygens (including phenoxy) is 2. The van der Waals surface area contributed by atoms with E-state index in [4.69, 9.17) is 9.47 Å². The largest absolute Gasteiger partial charge is 0.458 e. The molecule has 0 saturated heterocycles. The van der Waals surface area contributed by atoms with E-state index in [-0.39, 0.29) is 22.5 Å². The van der Waals surface area contributed by atoms with Crippen molar-refractivity contribution < 1.29 is 29.3 Å². The third-order valence-corrected chi connectivity index (χ3v) is 7.08. The predicted octanol–water partition coefficient (Wildman–Crippen LogP) is 1.43. The van der Waals surface area contributed by atoms with Crippen molar-refractivity contribution in [1.29, 1.82) is 0 Å². The van der Waals surface area contributed by atoms with Crippen molar-refractivity contribution in [2.75, 3.05) is 0 Å². The SMILES string of the molecule is CC(=O)O[C@H]1C[C@@]2(O)C[C@H](Br)[C@@H](Br)C[C@]2(O)C[C@H]1OC(C)=O. The maximum Gasteiger partial charge on any atom is 0.303 e. The summed E-state index contributed by atoms with van der Waals surface area (Å²) in [7, 11) is 0. The fourth-order valence-electron chi connectivity index (χ4n) is 3.42. The van der Waals surface area contributed by atoms with Crippen molar-refractivity contribution in [2.24, 2.45) is 0 Å². The second-order valence-corrected chi connectivity index (χ2v) is 8.56. The molecule has 0 aliphatic heterocycles. The number of alkyl halides is 2. The summed E-state index contributed by atoms with van der Waals surface area (Å²) in [5.41, 5.74) is -2.80. The molecular weight excluding hydrogens is 424 g/mol. The summed E-state index contributed by atoms with van der Waals surface area (Å²) in [6.45, 7) is 2.52. The van der Waals surface area contributed by atoms with Crippen molar-refractivity contribution in [3.8, 4) is 0 Å². The van der Waals surface area contributed by atoms with Crippen molar-refractivity contribution in [3.63, 3.8) is 0 Å². The first-order chi connectivity index (χ1) is 10.1. The number of aliphatic hydroxyl groups is 2. The monoisotopic (exact) mass is 442 g/mol. The van der Waals surface area contributed by atoms with Crippen LogP contribution in [0.5, 0.6) is 0 Å². The lowest BCUT2D eigenvalue weighted by Crippen LogP contribution is -2.68. The Morgan fingerprint density at radius 2 is 1.18 bits per heavy atom. The molecule has 6 atom stereocenters. The van der Waals surface area contributed by atoms with Crippen LogP contribution in [0.3, 0.4) is 0 Å². The van der Waals surface area contributed by atoms with E-state index in [1.54, 1.807) is 0 Å². The van der Waals surface area contributed by atoms with E-state index in [1.807, 2.05) is 0 Å². The van der Waals surface area contributed by atoms with Gasteiger partial charge in [0.2, 0.25) is 0 Å². The minimum absolute atomic E-state index is 0.0129. The first kappa shape index (κ1) is 18.2. The first-order valence-electron chi connectivity index (χ1n) is 7.14. The lowest BCUT2D eigenvalue weighted by molar-refractivity contribution is -0.244. The molecular formula is C14H20Br2O6. The van der Waals surface area contributed by atoms with Crippen LogP contribution in [-0.4, -0.2) is 55.2 Å². The smallest absolute Gasteiger partial charge is 0.303 e. The van der Waals surface area contributed by atoms with Crippen molar-refractivity contribution >= 4 is 43.8 Å². The van der Waals surface area contributed by atoms with Gasteiger partial charge in [-0.05, 0) is 12.8 Å². The van der Waals surface area contributed by atoms with Crippen LogP contribution in [0.2, 0.25) is 0 Å². The molecule has 2 aliphatic carbocycles. The van der Waals surface area contributed by atoms with Crippen molar-refractivity contribution in [1.82, 2.24) is 0 Å². The summed E-state index contributed by atoms with van der Waals surface area (Å²) in [6, 6.07) is 0. The van der Waals surface area contributed by atoms with E-state index < -0.39 is 35.3 Å². The average Bonchev–Trinajstić information content (AvgIpc) is 2.32. The van der Waals surface area contributed by atoms with Crippen LogP contribution in [0.25, 0.3) is 0 Å². The van der Waals surface area contributed by atoms with Gasteiger partial charge in [-0.25, -0.2) is 0 Å². The van der Waals surface area contributed by atoms with Crippen LogP contribution in [-0.2, 0) is 19.1 Å². The maximum absolute atomic E-state index is 11.3. The Morgan fingerprint density at radius 3 is 1.45 bits per heavy atom. The van der Waals surface area contributed by atoms with E-state index >= 15 is 0 Å². The molecule has 0 aromatic rings. The molecule has 0 spiro atoms. The van der Waals surface area contributed by atoms with E-state index in [0.717, 1.165) is 0 Å². The van der Waals surface area contributed by atoms with E-state index in [9.17, 15) is 19.8 Å². The Morgan fingerprint density at radius 1 is 0.864 bits per heavy atom. The van der Waals surface area contributed by atoms with Gasteiger partial charge in [-0.2, -0.15) is 0 Å². The second kappa shape index (κ2) is 6.37. The lowest BCUT2D eigenvalue weighted by Gasteiger charge is -2.55. The Bertz CT molecular complexity index is 430. The highest BCUT2D eigenvalue weighted by molar-refractivity contribution is 9.12. The number of esters is 2. The quantitative estimate of drug-likeness (QED) is 0.495. The van der Waals surface area contributed by atoms with Gasteiger partial charge in [-0.3, -0.25) is 9.59 Å². The van der Waals surface area contributed by atoms with Crippen LogP contribution < -0.4 is 0 Å². The second-order valence-electron chi connectivity index (χ2n) is 6.21. The number of rotatable bonds is 2. The van der Waals surface area contributed by atoms with Gasteiger partial charge >= 0.3 is 11.9 Å². The molecule has 6 nitrogen and oxygen atoms in total. The Hall–Kier alpha value is -0.180. The van der Waals surface area contributed by atoms with Crippen molar-refractivity contribution in [3.05, 3.63) is 0 Å². The average molecular weight is 444 g/mol. The topological polar surface area (TPSA) is 93.1 Å². The Kier molecular flexibility index (Phi) is 5.26. The molecule has 2 fully saturated rings. The fourth-order valence-corrected chi connectivity index (χ4v) is 4.86. The third kappa shape index (κ3) is 3.49. The minimum atomic E-state index is -1.40. The van der Waals surface area contributed by atoms with Gasteiger partial charge in [0.1, 0.15) is 12.2 Å². The molecule has 8 heteroatoms. The molecule has 0 radical (unpaired) electrons.